The third-order valence-electron chi connectivity index (χ3n) is 2.22. The van der Waals surface area contributed by atoms with Crippen molar-refractivity contribution in [2.75, 3.05) is 11.1 Å². The van der Waals surface area contributed by atoms with Gasteiger partial charge in [-0.2, -0.15) is 11.3 Å². The lowest BCUT2D eigenvalue weighted by Crippen LogP contribution is -2.17. The minimum absolute atomic E-state index is 0.0130. The molecule has 2 N–H and O–H groups in total. The summed E-state index contributed by atoms with van der Waals surface area (Å²) in [5.41, 5.74) is 1.30. The van der Waals surface area contributed by atoms with Crippen LogP contribution in [0.4, 0.5) is 5.13 Å². The molecule has 102 valence electrons. The highest BCUT2D eigenvalue weighted by Gasteiger charge is 2.10. The van der Waals surface area contributed by atoms with E-state index < -0.39 is 5.97 Å². The van der Waals surface area contributed by atoms with E-state index in [2.05, 4.69) is 39.3 Å². The average molecular weight is 315 g/mol. The molecular formula is C11H13N3O2S3. The molecule has 0 fully saturated rings. The summed E-state index contributed by atoms with van der Waals surface area (Å²) in [5, 5.41) is 24.8. The number of nitrogens with zero attached hydrogens (tertiary/aromatic N) is 2. The van der Waals surface area contributed by atoms with Crippen molar-refractivity contribution in [2.24, 2.45) is 0 Å². The van der Waals surface area contributed by atoms with E-state index in [1.54, 1.807) is 11.3 Å². The molecule has 0 aliphatic heterocycles. The minimum atomic E-state index is -0.847. The summed E-state index contributed by atoms with van der Waals surface area (Å²) < 4.78 is 0.674. The van der Waals surface area contributed by atoms with Crippen LogP contribution in [0, 0.1) is 0 Å². The van der Waals surface area contributed by atoms with Crippen LogP contribution < -0.4 is 5.32 Å². The van der Waals surface area contributed by atoms with Gasteiger partial charge < -0.3 is 10.4 Å². The van der Waals surface area contributed by atoms with Gasteiger partial charge in [-0.15, -0.1) is 10.2 Å². The number of rotatable bonds is 7. The second kappa shape index (κ2) is 6.88. The number of carbonyl (C=O) groups is 1. The molecule has 0 aliphatic carbocycles. The largest absolute Gasteiger partial charge is 0.481 e. The molecule has 8 heteroatoms. The number of aromatic nitrogens is 2. The first-order valence-corrected chi connectivity index (χ1v) is 8.33. The molecule has 2 aromatic rings. The zero-order valence-corrected chi connectivity index (χ0v) is 12.6. The Morgan fingerprint density at radius 3 is 3.11 bits per heavy atom. The van der Waals surface area contributed by atoms with Crippen molar-refractivity contribution < 1.29 is 9.90 Å². The Morgan fingerprint density at radius 2 is 2.42 bits per heavy atom. The molecule has 0 bridgehead atoms. The van der Waals surface area contributed by atoms with Crippen molar-refractivity contribution in [1.29, 1.82) is 0 Å². The molecule has 0 aromatic carbocycles. The summed E-state index contributed by atoms with van der Waals surface area (Å²) in [6.45, 7) is 2.09. The highest BCUT2D eigenvalue weighted by Crippen LogP contribution is 2.26. The maximum atomic E-state index is 10.5. The van der Waals surface area contributed by atoms with E-state index >= 15 is 0 Å². The molecule has 1 atom stereocenters. The van der Waals surface area contributed by atoms with Crippen LogP contribution in [-0.4, -0.2) is 33.1 Å². The van der Waals surface area contributed by atoms with Gasteiger partial charge in [0, 0.05) is 6.04 Å². The van der Waals surface area contributed by atoms with Crippen molar-refractivity contribution in [3.63, 3.8) is 0 Å². The van der Waals surface area contributed by atoms with Crippen LogP contribution in [0.25, 0.3) is 0 Å². The number of hydrogen-bond acceptors (Lipinski definition) is 7. The molecule has 5 nitrogen and oxygen atoms in total. The second-order valence-electron chi connectivity index (χ2n) is 3.94. The number of nitrogens with one attached hydrogen (secondary N) is 1. The number of anilines is 1. The molecule has 2 rings (SSSR count). The third-order valence-corrected chi connectivity index (χ3v) is 4.92. The normalized spacial score (nSPS) is 12.3. The fourth-order valence-corrected chi connectivity index (χ4v) is 3.74. The fourth-order valence-electron chi connectivity index (χ4n) is 1.47. The first-order chi connectivity index (χ1) is 9.13. The number of carboxylic acid groups (broad SMARTS) is 1. The first kappa shape index (κ1) is 14.3. The highest BCUT2D eigenvalue weighted by atomic mass is 32.2. The zero-order chi connectivity index (χ0) is 13.7. The lowest BCUT2D eigenvalue weighted by molar-refractivity contribution is -0.133. The lowest BCUT2D eigenvalue weighted by atomic mass is 10.1. The Morgan fingerprint density at radius 1 is 1.58 bits per heavy atom. The maximum Gasteiger partial charge on any atom is 0.313 e. The topological polar surface area (TPSA) is 75.1 Å². The van der Waals surface area contributed by atoms with Crippen LogP contribution in [0.5, 0.6) is 0 Å². The minimum Gasteiger partial charge on any atom is -0.481 e. The fraction of sp³-hybridized carbons (Fsp3) is 0.364. The number of hydrogen-bond donors (Lipinski definition) is 2. The molecule has 0 saturated carbocycles. The Kier molecular flexibility index (Phi) is 5.17. The first-order valence-electron chi connectivity index (χ1n) is 5.59. The van der Waals surface area contributed by atoms with Gasteiger partial charge in [0.2, 0.25) is 5.13 Å². The molecular weight excluding hydrogens is 302 g/mol. The highest BCUT2D eigenvalue weighted by molar-refractivity contribution is 8.01. The van der Waals surface area contributed by atoms with Crippen LogP contribution >= 0.6 is 34.4 Å². The molecule has 19 heavy (non-hydrogen) atoms. The number of aliphatic carboxylic acids is 1. The Hall–Kier alpha value is -1.12. The van der Waals surface area contributed by atoms with Crippen LogP contribution in [0.1, 0.15) is 12.5 Å². The van der Waals surface area contributed by atoms with Gasteiger partial charge in [-0.25, -0.2) is 0 Å². The van der Waals surface area contributed by atoms with Gasteiger partial charge in [-0.1, -0.05) is 23.1 Å². The summed E-state index contributed by atoms with van der Waals surface area (Å²) in [7, 11) is 0. The van der Waals surface area contributed by atoms with Gasteiger partial charge in [0.1, 0.15) is 0 Å². The zero-order valence-electron chi connectivity index (χ0n) is 10.2. The van der Waals surface area contributed by atoms with Crippen LogP contribution in [0.15, 0.2) is 21.2 Å². The lowest BCUT2D eigenvalue weighted by Gasteiger charge is -2.10. The van der Waals surface area contributed by atoms with E-state index in [9.17, 15) is 4.79 Å². The monoisotopic (exact) mass is 315 g/mol. The molecule has 0 saturated heterocycles. The molecule has 1 unspecified atom stereocenters. The molecule has 0 radical (unpaired) electrons. The van der Waals surface area contributed by atoms with E-state index in [0.717, 1.165) is 11.6 Å². The van der Waals surface area contributed by atoms with Crippen molar-refractivity contribution in [3.8, 4) is 0 Å². The molecule has 2 aromatic heterocycles. The van der Waals surface area contributed by atoms with Crippen molar-refractivity contribution >= 4 is 45.5 Å². The van der Waals surface area contributed by atoms with Gasteiger partial charge in [0.15, 0.2) is 4.34 Å². The second-order valence-corrected chi connectivity index (χ2v) is 6.92. The predicted molar refractivity (Wildman–Crippen MR) is 79.4 cm³/mol. The number of thioether (sulfide) groups is 1. The van der Waals surface area contributed by atoms with Crippen molar-refractivity contribution in [2.45, 2.75) is 23.7 Å². The summed E-state index contributed by atoms with van der Waals surface area (Å²) in [6.07, 6.45) is 0.931. The Balaban J connectivity index is 1.83. The summed E-state index contributed by atoms with van der Waals surface area (Å²) >= 11 is 4.26. The van der Waals surface area contributed by atoms with E-state index in [-0.39, 0.29) is 11.8 Å². The third kappa shape index (κ3) is 4.81. The Labute approximate surface area is 123 Å². The SMILES string of the molecule is CC(Cc1ccsc1)Nc1nnc(SCC(=O)O)s1. The van der Waals surface area contributed by atoms with E-state index in [0.29, 0.717) is 4.34 Å². The quantitative estimate of drug-likeness (QED) is 0.765. The smallest absolute Gasteiger partial charge is 0.313 e. The molecule has 0 amide bonds. The van der Waals surface area contributed by atoms with Crippen LogP contribution in [0.3, 0.4) is 0 Å². The van der Waals surface area contributed by atoms with Gasteiger partial charge in [0.05, 0.1) is 5.75 Å². The van der Waals surface area contributed by atoms with Gasteiger partial charge >= 0.3 is 5.97 Å². The predicted octanol–water partition coefficient (Wildman–Crippen LogP) is 2.82. The van der Waals surface area contributed by atoms with E-state index in [4.69, 9.17) is 5.11 Å². The molecule has 2 heterocycles. The van der Waals surface area contributed by atoms with Crippen molar-refractivity contribution in [1.82, 2.24) is 10.2 Å². The number of thiophene rings is 1. The summed E-state index contributed by atoms with van der Waals surface area (Å²) in [5.74, 6) is -0.834. The van der Waals surface area contributed by atoms with Crippen LogP contribution in [-0.2, 0) is 11.2 Å². The summed E-state index contributed by atoms with van der Waals surface area (Å²) in [4.78, 5) is 10.5. The molecule has 0 spiro atoms. The number of carboxylic acids is 1. The van der Waals surface area contributed by atoms with E-state index in [1.807, 2.05) is 0 Å². The molecule has 0 aliphatic rings. The van der Waals surface area contributed by atoms with Gasteiger partial charge in [0.25, 0.3) is 0 Å². The summed E-state index contributed by atoms with van der Waals surface area (Å²) in [6, 6.07) is 2.37. The Bertz CT molecular complexity index is 527. The van der Waals surface area contributed by atoms with E-state index in [1.165, 1.54) is 28.7 Å². The standard InChI is InChI=1S/C11H13N3O2S3/c1-7(4-8-2-3-17-5-8)12-10-13-14-11(19-10)18-6-9(15)16/h2-3,5,7H,4,6H2,1H3,(H,12,13)(H,15,16). The maximum absolute atomic E-state index is 10.5. The average Bonchev–Trinajstić information content (AvgIpc) is 2.98. The van der Waals surface area contributed by atoms with Crippen LogP contribution in [0.2, 0.25) is 0 Å². The van der Waals surface area contributed by atoms with Gasteiger partial charge in [-0.05, 0) is 35.7 Å². The van der Waals surface area contributed by atoms with Crippen molar-refractivity contribution in [3.05, 3.63) is 22.4 Å². The van der Waals surface area contributed by atoms with Gasteiger partial charge in [-0.3, -0.25) is 4.79 Å².